The Hall–Kier alpha value is -3.61. The van der Waals surface area contributed by atoms with E-state index in [0.29, 0.717) is 16.8 Å². The summed E-state index contributed by atoms with van der Waals surface area (Å²) in [6.45, 7) is 4.24. The van der Waals surface area contributed by atoms with Crippen LogP contribution < -0.4 is 10.2 Å². The number of aromatic amines is 1. The SMILES string of the molecule is Cc1[nH]c2ccccc2c1C(=O)[C@@H](C)OC(=O)c1ccc2c(c1)NC(=O)[C@@H]1CCCN21. The lowest BCUT2D eigenvalue weighted by atomic mass is 10.0. The number of nitrogens with one attached hydrogen (secondary N) is 2. The smallest absolute Gasteiger partial charge is 0.338 e. The average molecular weight is 417 g/mol. The Labute approximate surface area is 179 Å². The molecule has 31 heavy (non-hydrogen) atoms. The van der Waals surface area contributed by atoms with Gasteiger partial charge in [-0.2, -0.15) is 0 Å². The molecule has 3 aromatic rings. The molecule has 1 aromatic heterocycles. The van der Waals surface area contributed by atoms with E-state index in [1.807, 2.05) is 37.3 Å². The molecule has 158 valence electrons. The number of carbonyl (C=O) groups excluding carboxylic acids is 3. The molecule has 0 radical (unpaired) electrons. The Morgan fingerprint density at radius 3 is 2.84 bits per heavy atom. The third-order valence-electron chi connectivity index (χ3n) is 6.15. The van der Waals surface area contributed by atoms with Crippen molar-refractivity contribution in [1.82, 2.24) is 4.98 Å². The summed E-state index contributed by atoms with van der Waals surface area (Å²) in [4.78, 5) is 43.4. The van der Waals surface area contributed by atoms with Gasteiger partial charge in [0.25, 0.3) is 0 Å². The van der Waals surface area contributed by atoms with Crippen LogP contribution in [-0.4, -0.2) is 41.3 Å². The van der Waals surface area contributed by atoms with E-state index in [9.17, 15) is 14.4 Å². The Morgan fingerprint density at radius 2 is 2.00 bits per heavy atom. The van der Waals surface area contributed by atoms with Gasteiger partial charge in [0.2, 0.25) is 11.7 Å². The number of ketones is 1. The van der Waals surface area contributed by atoms with Crippen LogP contribution in [0.2, 0.25) is 0 Å². The molecular formula is C24H23N3O4. The number of H-pyrrole nitrogens is 1. The quantitative estimate of drug-likeness (QED) is 0.497. The molecule has 5 rings (SSSR count). The van der Waals surface area contributed by atoms with Crippen LogP contribution >= 0.6 is 0 Å². The van der Waals surface area contributed by atoms with Crippen molar-refractivity contribution in [3.8, 4) is 0 Å². The number of aryl methyl sites for hydroxylation is 1. The maximum Gasteiger partial charge on any atom is 0.338 e. The molecule has 7 heteroatoms. The number of para-hydroxylation sites is 1. The van der Waals surface area contributed by atoms with E-state index in [-0.39, 0.29) is 17.7 Å². The minimum atomic E-state index is -0.945. The highest BCUT2D eigenvalue weighted by atomic mass is 16.5. The van der Waals surface area contributed by atoms with Crippen LogP contribution in [-0.2, 0) is 9.53 Å². The van der Waals surface area contributed by atoms with Crippen molar-refractivity contribution in [1.29, 1.82) is 0 Å². The van der Waals surface area contributed by atoms with Crippen LogP contribution in [0.25, 0.3) is 10.9 Å². The van der Waals surface area contributed by atoms with E-state index in [2.05, 4.69) is 15.2 Å². The maximum atomic E-state index is 13.0. The number of hydrogen-bond donors (Lipinski definition) is 2. The number of Topliss-reactive ketones (excluding diaryl/α,β-unsaturated/α-hetero) is 1. The molecule has 0 aliphatic carbocycles. The van der Waals surface area contributed by atoms with Crippen molar-refractivity contribution >= 4 is 39.9 Å². The molecule has 1 amide bonds. The standard InChI is InChI=1S/C24H23N3O4/c1-13-21(16-6-3-4-7-17(16)25-13)22(28)14(2)31-24(30)15-9-10-19-18(12-15)26-23(29)20-8-5-11-27(19)20/h3-4,6-7,9-10,12,14,20,25H,5,8,11H2,1-2H3,(H,26,29)/t14-,20+/m1/s1. The number of benzene rings is 2. The number of fused-ring (bicyclic) bond motifs is 4. The van der Waals surface area contributed by atoms with E-state index < -0.39 is 12.1 Å². The molecule has 2 aliphatic rings. The first kappa shape index (κ1) is 19.4. The summed E-state index contributed by atoms with van der Waals surface area (Å²) >= 11 is 0. The van der Waals surface area contributed by atoms with E-state index in [4.69, 9.17) is 4.74 Å². The molecule has 1 fully saturated rings. The zero-order valence-electron chi connectivity index (χ0n) is 17.4. The lowest BCUT2D eigenvalue weighted by molar-refractivity contribution is -0.117. The number of esters is 1. The molecule has 2 atom stereocenters. The van der Waals surface area contributed by atoms with Gasteiger partial charge in [-0.15, -0.1) is 0 Å². The minimum absolute atomic E-state index is 0.0473. The summed E-state index contributed by atoms with van der Waals surface area (Å²) in [5.41, 5.74) is 3.96. The van der Waals surface area contributed by atoms with Gasteiger partial charge in [0.15, 0.2) is 6.10 Å². The Bertz CT molecular complexity index is 1230. The first-order chi connectivity index (χ1) is 14.9. The van der Waals surface area contributed by atoms with E-state index in [1.54, 1.807) is 19.1 Å². The number of anilines is 2. The van der Waals surface area contributed by atoms with Crippen LogP contribution in [0.3, 0.4) is 0 Å². The number of carbonyl (C=O) groups is 3. The largest absolute Gasteiger partial charge is 0.451 e. The monoisotopic (exact) mass is 417 g/mol. The second-order valence-electron chi connectivity index (χ2n) is 8.15. The van der Waals surface area contributed by atoms with Gasteiger partial charge in [-0.1, -0.05) is 18.2 Å². The van der Waals surface area contributed by atoms with Crippen LogP contribution in [0.15, 0.2) is 42.5 Å². The van der Waals surface area contributed by atoms with Crippen LogP contribution in [0.4, 0.5) is 11.4 Å². The van der Waals surface area contributed by atoms with Crippen molar-refractivity contribution in [3.05, 3.63) is 59.3 Å². The van der Waals surface area contributed by atoms with Crippen LogP contribution in [0.1, 0.15) is 46.2 Å². The first-order valence-electron chi connectivity index (χ1n) is 10.5. The Kier molecular flexibility index (Phi) is 4.54. The number of amides is 1. The number of ether oxygens (including phenoxy) is 1. The molecule has 0 saturated carbocycles. The van der Waals surface area contributed by atoms with E-state index in [0.717, 1.165) is 41.7 Å². The first-order valence-corrected chi connectivity index (χ1v) is 10.5. The molecule has 2 aliphatic heterocycles. The zero-order valence-corrected chi connectivity index (χ0v) is 17.4. The summed E-state index contributed by atoms with van der Waals surface area (Å²) in [6, 6.07) is 12.5. The van der Waals surface area contributed by atoms with Crippen molar-refractivity contribution in [3.63, 3.8) is 0 Å². The highest BCUT2D eigenvalue weighted by Gasteiger charge is 2.36. The predicted octanol–water partition coefficient (Wildman–Crippen LogP) is 3.83. The molecule has 0 spiro atoms. The fraction of sp³-hybridized carbons (Fsp3) is 0.292. The second-order valence-corrected chi connectivity index (χ2v) is 8.15. The van der Waals surface area contributed by atoms with Gasteiger partial charge in [0, 0.05) is 28.7 Å². The predicted molar refractivity (Wildman–Crippen MR) is 118 cm³/mol. The molecule has 3 heterocycles. The topological polar surface area (TPSA) is 91.5 Å². The van der Waals surface area contributed by atoms with Gasteiger partial charge in [0.1, 0.15) is 6.04 Å². The molecule has 0 unspecified atom stereocenters. The van der Waals surface area contributed by atoms with Crippen molar-refractivity contribution in [2.45, 2.75) is 38.8 Å². The highest BCUT2D eigenvalue weighted by molar-refractivity contribution is 6.12. The number of rotatable bonds is 4. The molecule has 7 nitrogen and oxygen atoms in total. The molecule has 2 aromatic carbocycles. The number of nitrogens with zero attached hydrogens (tertiary/aromatic N) is 1. The van der Waals surface area contributed by atoms with Crippen molar-refractivity contribution in [2.75, 3.05) is 16.8 Å². The summed E-state index contributed by atoms with van der Waals surface area (Å²) < 4.78 is 5.50. The molecular weight excluding hydrogens is 394 g/mol. The van der Waals surface area contributed by atoms with Crippen molar-refractivity contribution < 1.29 is 19.1 Å². The third-order valence-corrected chi connectivity index (χ3v) is 6.15. The van der Waals surface area contributed by atoms with Gasteiger partial charge in [-0.25, -0.2) is 4.79 Å². The molecule has 1 saturated heterocycles. The highest BCUT2D eigenvalue weighted by Crippen LogP contribution is 2.37. The fourth-order valence-electron chi connectivity index (χ4n) is 4.64. The fourth-order valence-corrected chi connectivity index (χ4v) is 4.64. The maximum absolute atomic E-state index is 13.0. The van der Waals surface area contributed by atoms with Crippen molar-refractivity contribution in [2.24, 2.45) is 0 Å². The summed E-state index contributed by atoms with van der Waals surface area (Å²) in [7, 11) is 0. The van der Waals surface area contributed by atoms with Gasteiger partial charge in [-0.05, 0) is 51.0 Å². The number of aromatic nitrogens is 1. The van der Waals surface area contributed by atoms with E-state index in [1.165, 1.54) is 0 Å². The lowest BCUT2D eigenvalue weighted by Crippen LogP contribution is -2.43. The Balaban J connectivity index is 1.36. The van der Waals surface area contributed by atoms with Gasteiger partial charge in [-0.3, -0.25) is 9.59 Å². The third kappa shape index (κ3) is 3.17. The zero-order chi connectivity index (χ0) is 21.7. The van der Waals surface area contributed by atoms with Gasteiger partial charge >= 0.3 is 5.97 Å². The summed E-state index contributed by atoms with van der Waals surface area (Å²) in [5.74, 6) is -0.901. The van der Waals surface area contributed by atoms with Gasteiger partial charge in [0.05, 0.1) is 16.9 Å². The lowest BCUT2D eigenvalue weighted by Gasteiger charge is -2.33. The number of hydrogen-bond acceptors (Lipinski definition) is 5. The molecule has 0 bridgehead atoms. The average Bonchev–Trinajstić information content (AvgIpc) is 3.37. The molecule has 2 N–H and O–H groups in total. The summed E-state index contributed by atoms with van der Waals surface area (Å²) in [5, 5.41) is 3.70. The normalized spacial score (nSPS) is 18.3. The van der Waals surface area contributed by atoms with Crippen LogP contribution in [0, 0.1) is 6.92 Å². The minimum Gasteiger partial charge on any atom is -0.451 e. The van der Waals surface area contributed by atoms with Gasteiger partial charge < -0.3 is 19.9 Å². The summed E-state index contributed by atoms with van der Waals surface area (Å²) in [6.07, 6.45) is 0.856. The second kappa shape index (κ2) is 7.27. The Morgan fingerprint density at radius 1 is 1.19 bits per heavy atom. The van der Waals surface area contributed by atoms with Crippen LogP contribution in [0.5, 0.6) is 0 Å². The van der Waals surface area contributed by atoms with E-state index >= 15 is 0 Å².